The van der Waals surface area contributed by atoms with Crippen LogP contribution in [0.3, 0.4) is 0 Å². The van der Waals surface area contributed by atoms with Crippen molar-refractivity contribution in [1.82, 2.24) is 9.29 Å². The fourth-order valence-electron chi connectivity index (χ4n) is 5.14. The van der Waals surface area contributed by atoms with Gasteiger partial charge < -0.3 is 23.6 Å². The molecule has 0 amide bonds. The van der Waals surface area contributed by atoms with Crippen molar-refractivity contribution in [3.8, 4) is 39.7 Å². The molecule has 5 aromatic rings. The highest BCUT2D eigenvalue weighted by molar-refractivity contribution is 7.70. The zero-order chi connectivity index (χ0) is 32.2. The van der Waals surface area contributed by atoms with Crippen LogP contribution in [-0.4, -0.2) is 37.8 Å². The standard InChI is InChI=1S/C33H32F2N2O7S/c1-19-13-22(14-20(2)31(19)42-12-4-11-38)30-17-25-32(44-30)26(18-37(3)33(25)39)24-15-21(9-10-36-45(40)41)5-7-28(24)43-29-8-6-23(34)16-27(29)35/h5-8,13-18,38,45H,4,9-12H2,1-3H3,(H,36,40,41). The first-order chi connectivity index (χ1) is 21.5. The Morgan fingerprint density at radius 3 is 2.40 bits per heavy atom. The molecule has 2 N–H and O–H groups in total. The van der Waals surface area contributed by atoms with Gasteiger partial charge in [-0.15, -0.1) is 0 Å². The summed E-state index contributed by atoms with van der Waals surface area (Å²) in [7, 11) is -1.17. The van der Waals surface area contributed by atoms with Crippen LogP contribution in [0.25, 0.3) is 33.4 Å². The number of hydrogen-bond donors (Lipinski definition) is 3. The Balaban J connectivity index is 1.64. The molecule has 0 saturated carbocycles. The molecule has 0 fully saturated rings. The number of benzene rings is 3. The van der Waals surface area contributed by atoms with Crippen molar-refractivity contribution in [3.63, 3.8) is 0 Å². The Kier molecular flexibility index (Phi) is 9.66. The lowest BCUT2D eigenvalue weighted by Gasteiger charge is -2.15. The molecular weight excluding hydrogens is 606 g/mol. The van der Waals surface area contributed by atoms with E-state index in [9.17, 15) is 22.0 Å². The molecule has 0 bridgehead atoms. The van der Waals surface area contributed by atoms with Crippen LogP contribution in [0.2, 0.25) is 0 Å². The second-order valence-corrected chi connectivity index (χ2v) is 11.4. The number of aryl methyl sites for hydroxylation is 3. The second kappa shape index (κ2) is 13.6. The fraction of sp³-hybridized carbons (Fsp3) is 0.242. The number of thiol groups is 1. The van der Waals surface area contributed by atoms with Gasteiger partial charge in [0.2, 0.25) is 10.9 Å². The van der Waals surface area contributed by atoms with Gasteiger partial charge >= 0.3 is 0 Å². The topological polar surface area (TPSA) is 120 Å². The molecule has 9 nitrogen and oxygen atoms in total. The molecule has 0 spiro atoms. The number of hydrogen-bond acceptors (Lipinski definition) is 7. The van der Waals surface area contributed by atoms with E-state index in [0.717, 1.165) is 34.4 Å². The number of halogens is 2. The lowest BCUT2D eigenvalue weighted by Crippen LogP contribution is -2.16. The minimum atomic E-state index is -2.77. The summed E-state index contributed by atoms with van der Waals surface area (Å²) in [4.78, 5) is 13.3. The van der Waals surface area contributed by atoms with Gasteiger partial charge in [-0.2, -0.15) is 0 Å². The van der Waals surface area contributed by atoms with Crippen molar-refractivity contribution in [3.05, 3.63) is 99.5 Å². The summed E-state index contributed by atoms with van der Waals surface area (Å²) in [5, 5.41) is 9.40. The Morgan fingerprint density at radius 1 is 0.978 bits per heavy atom. The van der Waals surface area contributed by atoms with Crippen LogP contribution in [0.5, 0.6) is 17.2 Å². The third kappa shape index (κ3) is 7.08. The summed E-state index contributed by atoms with van der Waals surface area (Å²) in [6.07, 6.45) is 2.43. The van der Waals surface area contributed by atoms with Gasteiger partial charge in [-0.3, -0.25) is 4.79 Å². The largest absolute Gasteiger partial charge is 0.493 e. The SMILES string of the molecule is Cc1cc(-c2cc3c(=O)n(C)cc(-c4cc(CCN[SH](=O)=O)ccc4Oc4ccc(F)cc4F)c3o2)cc(C)c1OCCCO. The Hall–Kier alpha value is -4.52. The van der Waals surface area contributed by atoms with Crippen molar-refractivity contribution < 1.29 is 36.2 Å². The molecule has 0 aliphatic carbocycles. The smallest absolute Gasteiger partial charge is 0.261 e. The summed E-state index contributed by atoms with van der Waals surface area (Å²) in [6.45, 7) is 4.35. The number of nitrogens with one attached hydrogen (secondary N) is 1. The zero-order valence-electron chi connectivity index (χ0n) is 24.9. The van der Waals surface area contributed by atoms with E-state index in [1.807, 2.05) is 26.0 Å². The van der Waals surface area contributed by atoms with E-state index in [0.29, 0.717) is 47.5 Å². The molecule has 0 atom stereocenters. The number of fused-ring (bicyclic) bond motifs is 1. The van der Waals surface area contributed by atoms with E-state index in [4.69, 9.17) is 19.0 Å². The van der Waals surface area contributed by atoms with Crippen LogP contribution in [0, 0.1) is 25.5 Å². The van der Waals surface area contributed by atoms with E-state index in [1.165, 1.54) is 10.6 Å². The first-order valence-corrected chi connectivity index (χ1v) is 15.4. The van der Waals surface area contributed by atoms with Crippen LogP contribution in [0.15, 0.2) is 70.0 Å². The third-order valence-corrected chi connectivity index (χ3v) is 7.73. The molecule has 0 radical (unpaired) electrons. The van der Waals surface area contributed by atoms with Gasteiger partial charge in [-0.1, -0.05) is 6.07 Å². The van der Waals surface area contributed by atoms with Crippen LogP contribution >= 0.6 is 0 Å². The summed E-state index contributed by atoms with van der Waals surface area (Å²) in [6, 6.07) is 13.5. The third-order valence-electron chi connectivity index (χ3n) is 7.25. The Labute approximate surface area is 259 Å². The van der Waals surface area contributed by atoms with Gasteiger partial charge in [0, 0.05) is 55.6 Å². The number of aliphatic hydroxyl groups is 1. The molecule has 12 heteroatoms. The van der Waals surface area contributed by atoms with Crippen LogP contribution in [0.4, 0.5) is 8.78 Å². The van der Waals surface area contributed by atoms with E-state index >= 15 is 0 Å². The van der Waals surface area contributed by atoms with Crippen molar-refractivity contribution >= 4 is 21.9 Å². The normalized spacial score (nSPS) is 11.4. The summed E-state index contributed by atoms with van der Waals surface area (Å²) >= 11 is 0. The van der Waals surface area contributed by atoms with Gasteiger partial charge in [0.1, 0.15) is 28.7 Å². The lowest BCUT2D eigenvalue weighted by molar-refractivity contribution is 0.232. The zero-order valence-corrected chi connectivity index (χ0v) is 25.8. The number of nitrogens with zero attached hydrogens (tertiary/aromatic N) is 1. The molecule has 3 aromatic carbocycles. The van der Waals surface area contributed by atoms with E-state index in [2.05, 4.69) is 4.72 Å². The first-order valence-electron chi connectivity index (χ1n) is 14.2. The number of pyridine rings is 1. The molecule has 2 heterocycles. The van der Waals surface area contributed by atoms with E-state index in [1.54, 1.807) is 37.5 Å². The maximum Gasteiger partial charge on any atom is 0.261 e. The highest BCUT2D eigenvalue weighted by Gasteiger charge is 2.21. The highest BCUT2D eigenvalue weighted by Crippen LogP contribution is 2.41. The molecule has 236 valence electrons. The Bertz CT molecular complexity index is 1990. The minimum Gasteiger partial charge on any atom is -0.493 e. The molecule has 0 aliphatic rings. The highest BCUT2D eigenvalue weighted by atomic mass is 32.2. The summed E-state index contributed by atoms with van der Waals surface area (Å²) < 4.78 is 72.2. The molecule has 0 unspecified atom stereocenters. The maximum atomic E-state index is 14.6. The predicted octanol–water partition coefficient (Wildman–Crippen LogP) is 5.57. The van der Waals surface area contributed by atoms with Gasteiger partial charge in [-0.25, -0.2) is 21.9 Å². The van der Waals surface area contributed by atoms with Gasteiger partial charge in [-0.05, 0) is 79.4 Å². The van der Waals surface area contributed by atoms with Crippen molar-refractivity contribution in [2.24, 2.45) is 7.05 Å². The number of furan rings is 1. The summed E-state index contributed by atoms with van der Waals surface area (Å²) in [5.74, 6) is -0.492. The maximum absolute atomic E-state index is 14.6. The van der Waals surface area contributed by atoms with E-state index < -0.39 is 22.5 Å². The quantitative estimate of drug-likeness (QED) is 0.121. The monoisotopic (exact) mass is 638 g/mol. The van der Waals surface area contributed by atoms with E-state index in [-0.39, 0.29) is 35.8 Å². The average molecular weight is 639 g/mol. The summed E-state index contributed by atoms with van der Waals surface area (Å²) in [5.41, 5.74) is 4.06. The van der Waals surface area contributed by atoms with Crippen LogP contribution in [0.1, 0.15) is 23.1 Å². The Morgan fingerprint density at radius 2 is 1.71 bits per heavy atom. The van der Waals surface area contributed by atoms with Gasteiger partial charge in [0.25, 0.3) is 5.56 Å². The molecule has 5 rings (SSSR count). The molecule has 0 saturated heterocycles. The first kappa shape index (κ1) is 31.9. The van der Waals surface area contributed by atoms with Crippen molar-refractivity contribution in [2.75, 3.05) is 19.8 Å². The number of aliphatic hydroxyl groups excluding tert-OH is 1. The molecule has 0 aliphatic heterocycles. The number of rotatable bonds is 12. The van der Waals surface area contributed by atoms with Crippen LogP contribution < -0.4 is 19.8 Å². The second-order valence-electron chi connectivity index (χ2n) is 10.6. The average Bonchev–Trinajstić information content (AvgIpc) is 3.44. The fourth-order valence-corrected chi connectivity index (χ4v) is 5.44. The van der Waals surface area contributed by atoms with Crippen LogP contribution in [-0.2, 0) is 24.4 Å². The number of aromatic nitrogens is 1. The van der Waals surface area contributed by atoms with Crippen molar-refractivity contribution in [2.45, 2.75) is 26.7 Å². The van der Waals surface area contributed by atoms with Crippen molar-refractivity contribution in [1.29, 1.82) is 0 Å². The molecule has 45 heavy (non-hydrogen) atoms. The van der Waals surface area contributed by atoms with Gasteiger partial charge in [0.05, 0.1) is 12.0 Å². The number of ether oxygens (including phenoxy) is 2. The molecule has 2 aromatic heterocycles. The minimum absolute atomic E-state index is 0.0271. The predicted molar refractivity (Wildman–Crippen MR) is 167 cm³/mol. The lowest BCUT2D eigenvalue weighted by atomic mass is 10.0. The molecular formula is C33H32F2N2O7S. The van der Waals surface area contributed by atoms with Gasteiger partial charge in [0.15, 0.2) is 11.6 Å².